The first kappa shape index (κ1) is 11.4. The molecule has 3 rings (SSSR count). The van der Waals surface area contributed by atoms with Gasteiger partial charge in [-0.15, -0.1) is 5.10 Å². The molecule has 0 N–H and O–H groups in total. The van der Waals surface area contributed by atoms with Gasteiger partial charge >= 0.3 is 0 Å². The standard InChI is InChI=1S/C14H17N3O/c1-14(2)8-7-10(18)9-13(14)17-12-6-4-3-5-11(12)15-16-17/h3-6,13H,7-9H2,1-2H3. The van der Waals surface area contributed by atoms with E-state index in [1.54, 1.807) is 0 Å². The molecule has 0 bridgehead atoms. The molecule has 1 atom stereocenters. The van der Waals surface area contributed by atoms with Gasteiger partial charge < -0.3 is 0 Å². The van der Waals surface area contributed by atoms with Crippen molar-refractivity contribution >= 4 is 16.8 Å². The second-order valence-corrected chi connectivity index (χ2v) is 5.77. The Morgan fingerprint density at radius 2 is 2.11 bits per heavy atom. The van der Waals surface area contributed by atoms with Crippen LogP contribution in [-0.2, 0) is 4.79 Å². The summed E-state index contributed by atoms with van der Waals surface area (Å²) in [5, 5.41) is 8.45. The summed E-state index contributed by atoms with van der Waals surface area (Å²) in [4.78, 5) is 11.7. The van der Waals surface area contributed by atoms with Gasteiger partial charge in [0.05, 0.1) is 11.6 Å². The van der Waals surface area contributed by atoms with Crippen LogP contribution in [0, 0.1) is 5.41 Å². The fourth-order valence-electron chi connectivity index (χ4n) is 2.76. The van der Waals surface area contributed by atoms with E-state index in [4.69, 9.17) is 0 Å². The zero-order valence-corrected chi connectivity index (χ0v) is 10.8. The molecule has 1 heterocycles. The van der Waals surface area contributed by atoms with Crippen LogP contribution < -0.4 is 0 Å². The average molecular weight is 243 g/mol. The van der Waals surface area contributed by atoms with Crippen LogP contribution in [0.2, 0.25) is 0 Å². The Hall–Kier alpha value is -1.71. The Morgan fingerprint density at radius 1 is 1.33 bits per heavy atom. The average Bonchev–Trinajstić information content (AvgIpc) is 2.76. The lowest BCUT2D eigenvalue weighted by atomic mass is 9.73. The molecule has 1 aliphatic rings. The van der Waals surface area contributed by atoms with Gasteiger partial charge in [0.2, 0.25) is 0 Å². The number of Topliss-reactive ketones (excluding diaryl/α,β-unsaturated/α-hetero) is 1. The zero-order valence-electron chi connectivity index (χ0n) is 10.8. The number of hydrogen-bond donors (Lipinski definition) is 0. The Bertz CT molecular complexity index is 600. The maximum absolute atomic E-state index is 11.7. The second-order valence-electron chi connectivity index (χ2n) is 5.77. The summed E-state index contributed by atoms with van der Waals surface area (Å²) in [6.45, 7) is 4.42. The van der Waals surface area contributed by atoms with Crippen molar-refractivity contribution in [2.75, 3.05) is 0 Å². The SMILES string of the molecule is CC1(C)CCC(=O)CC1n1nnc2ccccc21. The van der Waals surface area contributed by atoms with Crippen LogP contribution in [0.25, 0.3) is 11.0 Å². The molecule has 1 aromatic heterocycles. The van der Waals surface area contributed by atoms with Crippen molar-refractivity contribution in [2.24, 2.45) is 5.41 Å². The number of aromatic nitrogens is 3. The number of fused-ring (bicyclic) bond motifs is 1. The van der Waals surface area contributed by atoms with Gasteiger partial charge in [-0.1, -0.05) is 31.2 Å². The molecule has 0 saturated heterocycles. The number of ketones is 1. The lowest BCUT2D eigenvalue weighted by Crippen LogP contribution is -2.34. The number of para-hydroxylation sites is 1. The summed E-state index contributed by atoms with van der Waals surface area (Å²) in [5.41, 5.74) is 2.00. The predicted molar refractivity (Wildman–Crippen MR) is 69.2 cm³/mol. The van der Waals surface area contributed by atoms with E-state index in [0.29, 0.717) is 18.6 Å². The number of carbonyl (C=O) groups excluding carboxylic acids is 1. The molecule has 0 radical (unpaired) electrons. The van der Waals surface area contributed by atoms with E-state index in [1.165, 1.54) is 0 Å². The summed E-state index contributed by atoms with van der Waals surface area (Å²) in [5.74, 6) is 0.332. The van der Waals surface area contributed by atoms with Gasteiger partial charge in [0, 0.05) is 12.8 Å². The van der Waals surface area contributed by atoms with Crippen molar-refractivity contribution < 1.29 is 4.79 Å². The van der Waals surface area contributed by atoms with Crippen molar-refractivity contribution in [3.05, 3.63) is 24.3 Å². The van der Waals surface area contributed by atoms with Crippen molar-refractivity contribution in [1.29, 1.82) is 0 Å². The number of carbonyl (C=O) groups is 1. The number of benzene rings is 1. The topological polar surface area (TPSA) is 47.8 Å². The van der Waals surface area contributed by atoms with Gasteiger partial charge in [-0.25, -0.2) is 4.68 Å². The van der Waals surface area contributed by atoms with Crippen LogP contribution >= 0.6 is 0 Å². The number of rotatable bonds is 1. The van der Waals surface area contributed by atoms with E-state index in [2.05, 4.69) is 24.2 Å². The van der Waals surface area contributed by atoms with Crippen LogP contribution in [0.5, 0.6) is 0 Å². The molecule has 4 heteroatoms. The lowest BCUT2D eigenvalue weighted by molar-refractivity contribution is -0.124. The molecule has 4 nitrogen and oxygen atoms in total. The first-order valence-corrected chi connectivity index (χ1v) is 6.39. The molecule has 0 amide bonds. The smallest absolute Gasteiger partial charge is 0.135 e. The molecule has 2 aromatic rings. The first-order chi connectivity index (χ1) is 8.58. The minimum absolute atomic E-state index is 0.0877. The Morgan fingerprint density at radius 3 is 2.94 bits per heavy atom. The van der Waals surface area contributed by atoms with Crippen LogP contribution in [0.1, 0.15) is 39.2 Å². The van der Waals surface area contributed by atoms with E-state index in [-0.39, 0.29) is 11.5 Å². The van der Waals surface area contributed by atoms with Gasteiger partial charge in [-0.05, 0) is 24.0 Å². The van der Waals surface area contributed by atoms with E-state index < -0.39 is 0 Å². The third kappa shape index (κ3) is 1.72. The van der Waals surface area contributed by atoms with Gasteiger partial charge in [0.15, 0.2) is 0 Å². The summed E-state index contributed by atoms with van der Waals surface area (Å²) in [6, 6.07) is 8.03. The fraction of sp³-hybridized carbons (Fsp3) is 0.500. The highest BCUT2D eigenvalue weighted by Gasteiger charge is 2.38. The Balaban J connectivity index is 2.10. The van der Waals surface area contributed by atoms with E-state index in [9.17, 15) is 4.79 Å². The van der Waals surface area contributed by atoms with Crippen molar-refractivity contribution in [3.8, 4) is 0 Å². The molecular formula is C14H17N3O. The third-order valence-electron chi connectivity index (χ3n) is 4.04. The normalized spacial score (nSPS) is 23.4. The van der Waals surface area contributed by atoms with E-state index >= 15 is 0 Å². The number of nitrogens with zero attached hydrogens (tertiary/aromatic N) is 3. The predicted octanol–water partition coefficient (Wildman–Crippen LogP) is 2.75. The first-order valence-electron chi connectivity index (χ1n) is 6.39. The summed E-state index contributed by atoms with van der Waals surface area (Å²) >= 11 is 0. The quantitative estimate of drug-likeness (QED) is 0.773. The summed E-state index contributed by atoms with van der Waals surface area (Å²) in [7, 11) is 0. The molecule has 0 aliphatic heterocycles. The molecule has 18 heavy (non-hydrogen) atoms. The molecule has 1 unspecified atom stereocenters. The van der Waals surface area contributed by atoms with Crippen LogP contribution in [0.4, 0.5) is 0 Å². The van der Waals surface area contributed by atoms with E-state index in [1.807, 2.05) is 28.9 Å². The number of hydrogen-bond acceptors (Lipinski definition) is 3. The molecular weight excluding hydrogens is 226 g/mol. The highest BCUT2D eigenvalue weighted by Crippen LogP contribution is 2.42. The molecule has 1 saturated carbocycles. The molecule has 1 aromatic carbocycles. The molecule has 94 valence electrons. The van der Waals surface area contributed by atoms with Crippen LogP contribution in [0.3, 0.4) is 0 Å². The van der Waals surface area contributed by atoms with Gasteiger partial charge in [0.25, 0.3) is 0 Å². The summed E-state index contributed by atoms with van der Waals surface area (Å²) < 4.78 is 1.94. The maximum Gasteiger partial charge on any atom is 0.135 e. The monoisotopic (exact) mass is 243 g/mol. The van der Waals surface area contributed by atoms with Crippen molar-refractivity contribution in [1.82, 2.24) is 15.0 Å². The Labute approximate surface area is 106 Å². The van der Waals surface area contributed by atoms with Gasteiger partial charge in [0.1, 0.15) is 11.3 Å². The third-order valence-corrected chi connectivity index (χ3v) is 4.04. The molecule has 1 fully saturated rings. The molecule has 1 aliphatic carbocycles. The second kappa shape index (κ2) is 3.90. The summed E-state index contributed by atoms with van der Waals surface area (Å²) in [6.07, 6.45) is 2.18. The maximum atomic E-state index is 11.7. The lowest BCUT2D eigenvalue weighted by Gasteiger charge is -2.37. The van der Waals surface area contributed by atoms with Crippen LogP contribution in [-0.4, -0.2) is 20.8 Å². The van der Waals surface area contributed by atoms with E-state index in [0.717, 1.165) is 17.5 Å². The highest BCUT2D eigenvalue weighted by atomic mass is 16.1. The zero-order chi connectivity index (χ0) is 12.8. The molecule has 0 spiro atoms. The highest BCUT2D eigenvalue weighted by molar-refractivity contribution is 5.80. The Kier molecular flexibility index (Phi) is 2.47. The van der Waals surface area contributed by atoms with Gasteiger partial charge in [-0.3, -0.25) is 4.79 Å². The minimum Gasteiger partial charge on any atom is -0.300 e. The fourth-order valence-corrected chi connectivity index (χ4v) is 2.76. The minimum atomic E-state index is 0.0877. The largest absolute Gasteiger partial charge is 0.300 e. The van der Waals surface area contributed by atoms with Gasteiger partial charge in [-0.2, -0.15) is 0 Å². The van der Waals surface area contributed by atoms with Crippen molar-refractivity contribution in [2.45, 2.75) is 39.2 Å². The van der Waals surface area contributed by atoms with Crippen molar-refractivity contribution in [3.63, 3.8) is 0 Å². The van der Waals surface area contributed by atoms with Crippen LogP contribution in [0.15, 0.2) is 24.3 Å².